The highest BCUT2D eigenvalue weighted by atomic mass is 16.5. The summed E-state index contributed by atoms with van der Waals surface area (Å²) in [6.07, 6.45) is 1.87. The summed E-state index contributed by atoms with van der Waals surface area (Å²) in [5.74, 6) is 2.32. The minimum atomic E-state index is -0.598. The van der Waals surface area contributed by atoms with Crippen molar-refractivity contribution < 1.29 is 4.74 Å². The van der Waals surface area contributed by atoms with E-state index in [2.05, 4.69) is 164 Å². The second kappa shape index (κ2) is 13.6. The molecule has 2 aromatic heterocycles. The van der Waals surface area contributed by atoms with Gasteiger partial charge in [0.2, 0.25) is 0 Å². The van der Waals surface area contributed by atoms with E-state index in [-0.39, 0.29) is 0 Å². The van der Waals surface area contributed by atoms with Crippen molar-refractivity contribution >= 4 is 10.9 Å². The van der Waals surface area contributed by atoms with Crippen molar-refractivity contribution in [2.75, 3.05) is 0 Å². The van der Waals surface area contributed by atoms with Gasteiger partial charge in [0, 0.05) is 45.0 Å². The highest BCUT2D eigenvalue weighted by Crippen LogP contribution is 2.62. The number of hydrogen-bond donors (Lipinski definition) is 0. The summed E-state index contributed by atoms with van der Waals surface area (Å²) in [6.45, 7) is 0. The molecule has 1 aliphatic carbocycles. The van der Waals surface area contributed by atoms with E-state index in [4.69, 9.17) is 19.7 Å². The first kappa shape index (κ1) is 34.1. The third-order valence-corrected chi connectivity index (χ3v) is 12.2. The molecule has 0 fully saturated rings. The highest BCUT2D eigenvalue weighted by Gasteiger charge is 2.51. The van der Waals surface area contributed by atoms with Gasteiger partial charge in [-0.25, -0.2) is 9.97 Å². The Morgan fingerprint density at radius 2 is 0.883 bits per heavy atom. The summed E-state index contributed by atoms with van der Waals surface area (Å²) in [5.41, 5.74) is 16.7. The topological polar surface area (TPSA) is 47.9 Å². The van der Waals surface area contributed by atoms with Gasteiger partial charge in [0.15, 0.2) is 5.82 Å². The van der Waals surface area contributed by atoms with Crippen LogP contribution in [0.1, 0.15) is 22.3 Å². The van der Waals surface area contributed by atoms with Gasteiger partial charge < -0.3 is 4.74 Å². The Kier molecular flexibility index (Phi) is 7.72. The van der Waals surface area contributed by atoms with Gasteiger partial charge in [-0.1, -0.05) is 176 Å². The van der Waals surface area contributed by atoms with Crippen LogP contribution in [-0.2, 0) is 5.41 Å². The lowest BCUT2D eigenvalue weighted by molar-refractivity contribution is 0.437. The number of rotatable bonds is 5. The molecule has 0 unspecified atom stereocenters. The Bertz CT molecular complexity index is 3190. The molecule has 0 bridgehead atoms. The number of para-hydroxylation sites is 1. The average Bonchev–Trinajstić information content (AvgIpc) is 3.62. The zero-order valence-electron chi connectivity index (χ0n) is 32.5. The molecule has 2 aliphatic rings. The molecule has 0 N–H and O–H groups in total. The number of nitrogens with zero attached hydrogens (tertiary/aromatic N) is 3. The minimum Gasteiger partial charge on any atom is -0.457 e. The van der Waals surface area contributed by atoms with Gasteiger partial charge in [0.1, 0.15) is 11.5 Å². The average molecular weight is 766 g/mol. The lowest BCUT2D eigenvalue weighted by Crippen LogP contribution is -2.32. The first-order chi connectivity index (χ1) is 29.7. The molecule has 12 rings (SSSR count). The molecule has 0 radical (unpaired) electrons. The fourth-order valence-electron chi connectivity index (χ4n) is 9.52. The Labute approximate surface area is 348 Å². The summed E-state index contributed by atoms with van der Waals surface area (Å²) in [6, 6.07) is 72.9. The monoisotopic (exact) mass is 765 g/mol. The number of hydrogen-bond acceptors (Lipinski definition) is 4. The molecule has 8 aromatic carbocycles. The summed E-state index contributed by atoms with van der Waals surface area (Å²) in [4.78, 5) is 15.0. The van der Waals surface area contributed by atoms with Gasteiger partial charge in [-0.3, -0.25) is 4.98 Å². The normalized spacial score (nSPS) is 12.9. The van der Waals surface area contributed by atoms with Crippen molar-refractivity contribution in [3.8, 4) is 78.8 Å². The molecule has 1 aliphatic heterocycles. The number of fused-ring (bicyclic) bond motifs is 10. The maximum atomic E-state index is 7.17. The molecule has 280 valence electrons. The van der Waals surface area contributed by atoms with Gasteiger partial charge in [-0.05, 0) is 69.3 Å². The molecule has 10 aromatic rings. The minimum absolute atomic E-state index is 0.598. The van der Waals surface area contributed by atoms with Crippen LogP contribution in [0.4, 0.5) is 0 Å². The molecule has 60 heavy (non-hydrogen) atoms. The first-order valence-electron chi connectivity index (χ1n) is 20.3. The third-order valence-electron chi connectivity index (χ3n) is 12.2. The highest BCUT2D eigenvalue weighted by molar-refractivity contribution is 5.95. The van der Waals surface area contributed by atoms with E-state index in [1.54, 1.807) is 0 Å². The molecular weight excluding hydrogens is 731 g/mol. The van der Waals surface area contributed by atoms with Crippen LogP contribution >= 0.6 is 0 Å². The number of aromatic nitrogens is 3. The van der Waals surface area contributed by atoms with Crippen molar-refractivity contribution in [3.63, 3.8) is 0 Å². The van der Waals surface area contributed by atoms with E-state index in [1.165, 1.54) is 22.3 Å². The summed E-state index contributed by atoms with van der Waals surface area (Å²) in [5, 5.41) is 1.12. The Morgan fingerprint density at radius 3 is 1.62 bits per heavy atom. The van der Waals surface area contributed by atoms with Gasteiger partial charge >= 0.3 is 0 Å². The Morgan fingerprint density at radius 1 is 0.350 bits per heavy atom. The van der Waals surface area contributed by atoms with Crippen LogP contribution in [0.2, 0.25) is 0 Å². The van der Waals surface area contributed by atoms with Gasteiger partial charge in [-0.15, -0.1) is 0 Å². The smallest absolute Gasteiger partial charge is 0.160 e. The molecule has 4 heteroatoms. The first-order valence-corrected chi connectivity index (χ1v) is 20.3. The van der Waals surface area contributed by atoms with Crippen molar-refractivity contribution in [1.82, 2.24) is 15.0 Å². The Balaban J connectivity index is 1.05. The molecule has 4 nitrogen and oxygen atoms in total. The van der Waals surface area contributed by atoms with Gasteiger partial charge in [0.25, 0.3) is 0 Å². The predicted octanol–water partition coefficient (Wildman–Crippen LogP) is 13.8. The third kappa shape index (κ3) is 5.28. The van der Waals surface area contributed by atoms with Crippen LogP contribution in [-0.4, -0.2) is 15.0 Å². The zero-order chi connectivity index (χ0) is 39.6. The molecule has 3 heterocycles. The zero-order valence-corrected chi connectivity index (χ0v) is 32.5. The number of benzene rings is 8. The second-order valence-corrected chi connectivity index (χ2v) is 15.5. The fourth-order valence-corrected chi connectivity index (χ4v) is 9.52. The van der Waals surface area contributed by atoms with E-state index in [1.807, 2.05) is 48.7 Å². The quantitative estimate of drug-likeness (QED) is 0.175. The molecule has 0 atom stereocenters. The molecule has 0 saturated heterocycles. The van der Waals surface area contributed by atoms with E-state index in [9.17, 15) is 0 Å². The van der Waals surface area contributed by atoms with Crippen molar-refractivity contribution in [3.05, 3.63) is 235 Å². The molecular formula is C56H35N3O. The summed E-state index contributed by atoms with van der Waals surface area (Å²) >= 11 is 0. The maximum absolute atomic E-state index is 7.17. The van der Waals surface area contributed by atoms with Crippen LogP contribution < -0.4 is 4.74 Å². The standard InChI is InChI=1S/C56H35N3O/c1-3-14-36(15-4-1)50-35-51(59-55(58-50)38-16-5-2-6-17-38)42-28-30-49-53(34-42)60-52-33-40(39-19-11-20-41(32-39)43-24-12-18-37-21-13-31-57-54(37)43)27-29-48(52)56(49)46-25-9-7-22-44(46)45-23-8-10-26-47(45)56/h1-35H. The number of ether oxygens (including phenoxy) is 1. The van der Waals surface area contributed by atoms with E-state index >= 15 is 0 Å². The largest absolute Gasteiger partial charge is 0.457 e. The van der Waals surface area contributed by atoms with Crippen LogP contribution in [0.25, 0.3) is 78.2 Å². The van der Waals surface area contributed by atoms with Crippen LogP contribution in [0.5, 0.6) is 11.5 Å². The van der Waals surface area contributed by atoms with Crippen LogP contribution in [0.15, 0.2) is 212 Å². The molecule has 1 spiro atoms. The number of pyridine rings is 1. The van der Waals surface area contributed by atoms with E-state index in [0.717, 1.165) is 83.9 Å². The second-order valence-electron chi connectivity index (χ2n) is 15.5. The summed E-state index contributed by atoms with van der Waals surface area (Å²) < 4.78 is 7.17. The van der Waals surface area contributed by atoms with E-state index < -0.39 is 5.41 Å². The van der Waals surface area contributed by atoms with Crippen molar-refractivity contribution in [2.45, 2.75) is 5.41 Å². The van der Waals surface area contributed by atoms with E-state index in [0.29, 0.717) is 5.82 Å². The summed E-state index contributed by atoms with van der Waals surface area (Å²) in [7, 11) is 0. The van der Waals surface area contributed by atoms with Crippen LogP contribution in [0.3, 0.4) is 0 Å². The van der Waals surface area contributed by atoms with Gasteiger partial charge in [-0.2, -0.15) is 0 Å². The Hall–Kier alpha value is -7.95. The van der Waals surface area contributed by atoms with Crippen molar-refractivity contribution in [1.29, 1.82) is 0 Å². The van der Waals surface area contributed by atoms with Crippen LogP contribution in [0, 0.1) is 0 Å². The lowest BCUT2D eigenvalue weighted by atomic mass is 9.66. The molecule has 0 amide bonds. The molecule has 0 saturated carbocycles. The van der Waals surface area contributed by atoms with Gasteiger partial charge in [0.05, 0.1) is 22.3 Å². The maximum Gasteiger partial charge on any atom is 0.160 e. The fraction of sp³-hybridized carbons (Fsp3) is 0.0179. The van der Waals surface area contributed by atoms with Crippen molar-refractivity contribution in [2.24, 2.45) is 0 Å². The lowest BCUT2D eigenvalue weighted by Gasteiger charge is -2.39. The predicted molar refractivity (Wildman–Crippen MR) is 242 cm³/mol. The SMILES string of the molecule is c1ccc(-c2cc(-c3ccc4c(c3)Oc3cc(-c5cccc(-c6cccc7cccnc67)c5)ccc3C43c4ccccc4-c4ccccc43)nc(-c3ccccc3)n2)cc1.